The van der Waals surface area contributed by atoms with Crippen molar-refractivity contribution >= 4 is 6.03 Å². The molecule has 92 valence electrons. The van der Waals surface area contributed by atoms with Crippen LogP contribution in [0.1, 0.15) is 32.1 Å². The maximum absolute atomic E-state index is 12.2. The van der Waals surface area contributed by atoms with Gasteiger partial charge in [0.15, 0.2) is 0 Å². The molecule has 1 N–H and O–H groups in total. The molecular weight excluding hydrogens is 202 g/mol. The zero-order valence-corrected chi connectivity index (χ0v) is 10.2. The fraction of sp³-hybridized carbons (Fsp3) is 0.917. The number of urea groups is 1. The highest BCUT2D eigenvalue weighted by Crippen LogP contribution is 2.22. The monoisotopic (exact) mass is 225 g/mol. The molecule has 4 heteroatoms. The first-order chi connectivity index (χ1) is 7.79. The molecule has 1 saturated carbocycles. The number of hydrogen-bond donors (Lipinski definition) is 1. The van der Waals surface area contributed by atoms with Crippen molar-refractivity contribution in [3.63, 3.8) is 0 Å². The Morgan fingerprint density at radius 1 is 1.19 bits per heavy atom. The second kappa shape index (κ2) is 5.53. The average molecular weight is 225 g/mol. The van der Waals surface area contributed by atoms with E-state index in [4.69, 9.17) is 0 Å². The number of nitrogens with zero attached hydrogens (tertiary/aromatic N) is 2. The molecule has 0 aromatic rings. The van der Waals surface area contributed by atoms with E-state index in [0.717, 1.165) is 26.2 Å². The van der Waals surface area contributed by atoms with E-state index in [-0.39, 0.29) is 6.03 Å². The number of carbonyl (C=O) groups is 1. The molecule has 16 heavy (non-hydrogen) atoms. The van der Waals surface area contributed by atoms with Crippen molar-refractivity contribution in [2.75, 3.05) is 33.2 Å². The molecule has 1 saturated heterocycles. The van der Waals surface area contributed by atoms with E-state index < -0.39 is 0 Å². The SMILES string of the molecule is CN(C(=O)N1CCNCC1)C1CCCCC1. The van der Waals surface area contributed by atoms with E-state index >= 15 is 0 Å². The van der Waals surface area contributed by atoms with Gasteiger partial charge in [-0.15, -0.1) is 0 Å². The molecule has 1 aliphatic heterocycles. The first kappa shape index (κ1) is 11.7. The molecular formula is C12H23N3O. The van der Waals surface area contributed by atoms with Crippen LogP contribution < -0.4 is 5.32 Å². The Labute approximate surface area is 98.0 Å². The molecule has 2 aliphatic rings. The quantitative estimate of drug-likeness (QED) is 0.729. The zero-order valence-electron chi connectivity index (χ0n) is 10.2. The molecule has 0 spiro atoms. The van der Waals surface area contributed by atoms with Crippen LogP contribution >= 0.6 is 0 Å². The van der Waals surface area contributed by atoms with Crippen molar-refractivity contribution in [3.05, 3.63) is 0 Å². The topological polar surface area (TPSA) is 35.6 Å². The molecule has 2 rings (SSSR count). The Bertz CT molecular complexity index is 232. The standard InChI is InChI=1S/C12H23N3O/c1-14(11-5-3-2-4-6-11)12(16)15-9-7-13-8-10-15/h11,13H,2-10H2,1H3. The predicted molar refractivity (Wildman–Crippen MR) is 64.5 cm³/mol. The summed E-state index contributed by atoms with van der Waals surface area (Å²) < 4.78 is 0. The van der Waals surface area contributed by atoms with E-state index in [0.29, 0.717) is 6.04 Å². The second-order valence-electron chi connectivity index (χ2n) is 4.92. The molecule has 0 aromatic heterocycles. The summed E-state index contributed by atoms with van der Waals surface area (Å²) in [5.41, 5.74) is 0. The van der Waals surface area contributed by atoms with Crippen LogP contribution in [0.15, 0.2) is 0 Å². The molecule has 0 unspecified atom stereocenters. The fourth-order valence-electron chi connectivity index (χ4n) is 2.70. The number of rotatable bonds is 1. The summed E-state index contributed by atoms with van der Waals surface area (Å²) in [6, 6.07) is 0.713. The van der Waals surface area contributed by atoms with Gasteiger partial charge in [-0.05, 0) is 12.8 Å². The van der Waals surface area contributed by atoms with E-state index in [1.807, 2.05) is 16.8 Å². The summed E-state index contributed by atoms with van der Waals surface area (Å²) in [5, 5.41) is 3.28. The fourth-order valence-corrected chi connectivity index (χ4v) is 2.70. The number of amides is 2. The van der Waals surface area contributed by atoms with Crippen molar-refractivity contribution < 1.29 is 4.79 Å². The van der Waals surface area contributed by atoms with Gasteiger partial charge in [0.05, 0.1) is 0 Å². The largest absolute Gasteiger partial charge is 0.325 e. The molecule has 2 fully saturated rings. The first-order valence-electron chi connectivity index (χ1n) is 6.51. The van der Waals surface area contributed by atoms with Crippen molar-refractivity contribution in [3.8, 4) is 0 Å². The molecule has 1 heterocycles. The summed E-state index contributed by atoms with van der Waals surface area (Å²) in [7, 11) is 1.97. The van der Waals surface area contributed by atoms with Gasteiger partial charge >= 0.3 is 6.03 Å². The highest BCUT2D eigenvalue weighted by atomic mass is 16.2. The number of carbonyl (C=O) groups excluding carboxylic acids is 1. The van der Waals surface area contributed by atoms with Gasteiger partial charge in [-0.25, -0.2) is 4.79 Å². The van der Waals surface area contributed by atoms with Gasteiger partial charge in [-0.1, -0.05) is 19.3 Å². The van der Waals surface area contributed by atoms with Crippen LogP contribution in [-0.2, 0) is 0 Å². The maximum Gasteiger partial charge on any atom is 0.320 e. The Morgan fingerprint density at radius 2 is 1.81 bits per heavy atom. The van der Waals surface area contributed by atoms with Crippen LogP contribution in [0.4, 0.5) is 4.79 Å². The van der Waals surface area contributed by atoms with Crippen molar-refractivity contribution in [2.24, 2.45) is 0 Å². The lowest BCUT2D eigenvalue weighted by Gasteiger charge is -2.37. The summed E-state index contributed by atoms with van der Waals surface area (Å²) >= 11 is 0. The maximum atomic E-state index is 12.2. The minimum Gasteiger partial charge on any atom is -0.325 e. The normalized spacial score (nSPS) is 23.2. The minimum absolute atomic E-state index is 0.230. The molecule has 0 aromatic carbocycles. The molecule has 0 bridgehead atoms. The highest BCUT2D eigenvalue weighted by Gasteiger charge is 2.26. The smallest absolute Gasteiger partial charge is 0.320 e. The average Bonchev–Trinajstić information content (AvgIpc) is 2.39. The summed E-state index contributed by atoms with van der Waals surface area (Å²) in [5.74, 6) is 0. The van der Waals surface area contributed by atoms with E-state index in [1.165, 1.54) is 32.1 Å². The summed E-state index contributed by atoms with van der Waals surface area (Å²) in [6.07, 6.45) is 6.28. The third-order valence-corrected chi connectivity index (χ3v) is 3.81. The first-order valence-corrected chi connectivity index (χ1v) is 6.51. The van der Waals surface area contributed by atoms with Gasteiger partial charge in [-0.2, -0.15) is 0 Å². The third-order valence-electron chi connectivity index (χ3n) is 3.81. The van der Waals surface area contributed by atoms with Crippen molar-refractivity contribution in [1.29, 1.82) is 0 Å². The van der Waals surface area contributed by atoms with Crippen molar-refractivity contribution in [2.45, 2.75) is 38.1 Å². The van der Waals surface area contributed by atoms with Crippen LogP contribution in [0, 0.1) is 0 Å². The van der Waals surface area contributed by atoms with Crippen molar-refractivity contribution in [1.82, 2.24) is 15.1 Å². The number of piperazine rings is 1. The summed E-state index contributed by atoms with van der Waals surface area (Å²) in [6.45, 7) is 3.58. The van der Waals surface area contributed by atoms with Gasteiger partial charge in [0.25, 0.3) is 0 Å². The zero-order chi connectivity index (χ0) is 11.4. The lowest BCUT2D eigenvalue weighted by Crippen LogP contribution is -2.53. The predicted octanol–water partition coefficient (Wildman–Crippen LogP) is 1.28. The Hall–Kier alpha value is -0.770. The summed E-state index contributed by atoms with van der Waals surface area (Å²) in [4.78, 5) is 16.2. The van der Waals surface area contributed by atoms with Crippen LogP contribution in [0.3, 0.4) is 0 Å². The van der Waals surface area contributed by atoms with E-state index in [9.17, 15) is 4.79 Å². The lowest BCUT2D eigenvalue weighted by atomic mass is 9.95. The Morgan fingerprint density at radius 3 is 2.44 bits per heavy atom. The molecule has 0 atom stereocenters. The van der Waals surface area contributed by atoms with Gasteiger partial charge in [0, 0.05) is 39.3 Å². The van der Waals surface area contributed by atoms with E-state index in [1.54, 1.807) is 0 Å². The van der Waals surface area contributed by atoms with Crippen LogP contribution in [0.5, 0.6) is 0 Å². The van der Waals surface area contributed by atoms with Gasteiger partial charge in [0.1, 0.15) is 0 Å². The van der Waals surface area contributed by atoms with E-state index in [2.05, 4.69) is 5.32 Å². The van der Waals surface area contributed by atoms with Crippen LogP contribution in [0.25, 0.3) is 0 Å². The number of hydrogen-bond acceptors (Lipinski definition) is 2. The molecule has 2 amide bonds. The van der Waals surface area contributed by atoms with Crippen LogP contribution in [0.2, 0.25) is 0 Å². The second-order valence-corrected chi connectivity index (χ2v) is 4.92. The molecule has 0 radical (unpaired) electrons. The molecule has 1 aliphatic carbocycles. The van der Waals surface area contributed by atoms with Gasteiger partial charge in [0.2, 0.25) is 0 Å². The van der Waals surface area contributed by atoms with Gasteiger partial charge < -0.3 is 15.1 Å². The van der Waals surface area contributed by atoms with Gasteiger partial charge in [-0.3, -0.25) is 0 Å². The Kier molecular flexibility index (Phi) is 4.04. The Balaban J connectivity index is 1.86. The third kappa shape index (κ3) is 2.67. The molecule has 4 nitrogen and oxygen atoms in total. The highest BCUT2D eigenvalue weighted by molar-refractivity contribution is 5.74. The lowest BCUT2D eigenvalue weighted by molar-refractivity contribution is 0.129. The minimum atomic E-state index is 0.230. The number of nitrogens with one attached hydrogen (secondary N) is 1. The van der Waals surface area contributed by atoms with Crippen LogP contribution in [-0.4, -0.2) is 55.1 Å².